The molecule has 3 amide bonds. The number of nitrogens with one attached hydrogen (secondary N) is 2. The largest absolute Gasteiger partial charge is 0.347 e. The minimum absolute atomic E-state index is 0.00332. The lowest BCUT2D eigenvalue weighted by atomic mass is 9.90. The molecule has 8 nitrogen and oxygen atoms in total. The van der Waals surface area contributed by atoms with E-state index < -0.39 is 0 Å². The van der Waals surface area contributed by atoms with Crippen molar-refractivity contribution in [3.05, 3.63) is 29.5 Å². The highest BCUT2D eigenvalue weighted by molar-refractivity contribution is 5.99. The van der Waals surface area contributed by atoms with Crippen molar-refractivity contribution in [3.63, 3.8) is 0 Å². The second kappa shape index (κ2) is 7.26. The highest BCUT2D eigenvalue weighted by Gasteiger charge is 2.42. The Labute approximate surface area is 163 Å². The Morgan fingerprint density at radius 2 is 1.89 bits per heavy atom. The van der Waals surface area contributed by atoms with Crippen molar-refractivity contribution in [1.82, 2.24) is 25.3 Å². The van der Waals surface area contributed by atoms with Gasteiger partial charge in [-0.3, -0.25) is 19.5 Å². The second-order valence-corrected chi connectivity index (χ2v) is 7.60. The molecule has 0 saturated carbocycles. The molecule has 3 fully saturated rings. The third-order valence-corrected chi connectivity index (χ3v) is 5.86. The maximum absolute atomic E-state index is 13.1. The molecule has 2 bridgehead atoms. The highest BCUT2D eigenvalue weighted by atomic mass is 16.2. The van der Waals surface area contributed by atoms with Gasteiger partial charge in [0.15, 0.2) is 0 Å². The lowest BCUT2D eigenvalue weighted by Gasteiger charge is -2.51. The first-order valence-corrected chi connectivity index (χ1v) is 9.79. The van der Waals surface area contributed by atoms with Crippen molar-refractivity contribution < 1.29 is 14.4 Å². The molecular formula is C20H25N5O3. The van der Waals surface area contributed by atoms with Gasteiger partial charge in [-0.25, -0.2) is 0 Å². The number of rotatable bonds is 4. The van der Waals surface area contributed by atoms with Gasteiger partial charge in [0.1, 0.15) is 0 Å². The van der Waals surface area contributed by atoms with Gasteiger partial charge in [-0.2, -0.15) is 5.10 Å². The Hall–Kier alpha value is -2.90. The van der Waals surface area contributed by atoms with E-state index in [9.17, 15) is 14.4 Å². The minimum atomic E-state index is -0.128. The van der Waals surface area contributed by atoms with E-state index in [1.165, 1.54) is 0 Å². The molecule has 3 aliphatic rings. The van der Waals surface area contributed by atoms with E-state index in [1.807, 2.05) is 34.9 Å². The molecule has 3 saturated heterocycles. The molecule has 28 heavy (non-hydrogen) atoms. The summed E-state index contributed by atoms with van der Waals surface area (Å²) in [6.45, 7) is 4.80. The number of piperazine rings is 1. The van der Waals surface area contributed by atoms with E-state index in [-0.39, 0.29) is 36.3 Å². The molecule has 0 spiro atoms. The van der Waals surface area contributed by atoms with E-state index >= 15 is 0 Å². The fraction of sp³-hybridized carbons (Fsp3) is 0.500. The molecule has 1 aromatic heterocycles. The SMILES string of the molecule is CCC(=O)NCC(=O)N1CC2CCC1CN2C(=O)c1ccc2n[nH]c(C)c2c1. The molecule has 3 aliphatic heterocycles. The van der Waals surface area contributed by atoms with Crippen molar-refractivity contribution in [1.29, 1.82) is 0 Å². The topological polar surface area (TPSA) is 98.4 Å². The summed E-state index contributed by atoms with van der Waals surface area (Å²) in [5.41, 5.74) is 2.44. The zero-order chi connectivity index (χ0) is 19.8. The monoisotopic (exact) mass is 383 g/mol. The van der Waals surface area contributed by atoms with Crippen LogP contribution in [0.3, 0.4) is 0 Å². The third kappa shape index (κ3) is 3.23. The van der Waals surface area contributed by atoms with Crippen LogP contribution >= 0.6 is 0 Å². The number of fused-ring (bicyclic) bond motifs is 4. The first-order valence-electron chi connectivity index (χ1n) is 9.79. The Kier molecular flexibility index (Phi) is 4.78. The molecular weight excluding hydrogens is 358 g/mol. The number of H-pyrrole nitrogens is 1. The highest BCUT2D eigenvalue weighted by Crippen LogP contribution is 2.30. The van der Waals surface area contributed by atoms with Gasteiger partial charge in [0, 0.05) is 48.2 Å². The Morgan fingerprint density at radius 3 is 2.57 bits per heavy atom. The lowest BCUT2D eigenvalue weighted by Crippen LogP contribution is -2.65. The van der Waals surface area contributed by atoms with Gasteiger partial charge in [0.2, 0.25) is 11.8 Å². The van der Waals surface area contributed by atoms with Crippen molar-refractivity contribution in [2.24, 2.45) is 0 Å². The summed E-state index contributed by atoms with van der Waals surface area (Å²) in [6, 6.07) is 5.60. The molecule has 148 valence electrons. The number of aryl methyl sites for hydroxylation is 1. The van der Waals surface area contributed by atoms with Crippen molar-refractivity contribution in [2.45, 2.75) is 45.2 Å². The van der Waals surface area contributed by atoms with Gasteiger partial charge in [-0.1, -0.05) is 6.92 Å². The smallest absolute Gasteiger partial charge is 0.254 e. The molecule has 1 aromatic carbocycles. The fourth-order valence-electron chi connectivity index (χ4n) is 4.22. The van der Waals surface area contributed by atoms with Crippen LogP contribution in [0.25, 0.3) is 10.9 Å². The maximum Gasteiger partial charge on any atom is 0.254 e. The molecule has 2 N–H and O–H groups in total. The van der Waals surface area contributed by atoms with E-state index in [4.69, 9.17) is 0 Å². The Morgan fingerprint density at radius 1 is 1.18 bits per heavy atom. The standard InChI is InChI=1S/C20H25N5O3/c1-3-18(26)21-9-19(27)24-10-15-6-5-14(24)11-25(15)20(28)13-4-7-17-16(8-13)12(2)22-23-17/h4,7-8,14-15H,3,5-6,9-11H2,1-2H3,(H,21,26)(H,22,23). The van der Waals surface area contributed by atoms with Gasteiger partial charge < -0.3 is 15.1 Å². The summed E-state index contributed by atoms with van der Waals surface area (Å²) >= 11 is 0. The van der Waals surface area contributed by atoms with Gasteiger partial charge >= 0.3 is 0 Å². The number of hydrogen-bond acceptors (Lipinski definition) is 4. The number of amides is 3. The molecule has 2 aromatic rings. The summed E-state index contributed by atoms with van der Waals surface area (Å²) in [5, 5.41) is 10.8. The Bertz CT molecular complexity index is 937. The summed E-state index contributed by atoms with van der Waals surface area (Å²) in [4.78, 5) is 40.8. The summed E-state index contributed by atoms with van der Waals surface area (Å²) < 4.78 is 0. The molecule has 5 rings (SSSR count). The van der Waals surface area contributed by atoms with Crippen LogP contribution in [0.1, 0.15) is 42.2 Å². The molecule has 0 radical (unpaired) electrons. The lowest BCUT2D eigenvalue weighted by molar-refractivity contribution is -0.140. The van der Waals surface area contributed by atoms with Crippen LogP contribution in [0.2, 0.25) is 0 Å². The van der Waals surface area contributed by atoms with Crippen molar-refractivity contribution in [2.75, 3.05) is 19.6 Å². The predicted octanol–water partition coefficient (Wildman–Crippen LogP) is 1.21. The maximum atomic E-state index is 13.1. The zero-order valence-corrected chi connectivity index (χ0v) is 16.2. The number of carbonyl (C=O) groups is 3. The third-order valence-electron chi connectivity index (χ3n) is 5.86. The van der Waals surface area contributed by atoms with Crippen LogP contribution in [0, 0.1) is 6.92 Å². The summed E-state index contributed by atoms with van der Waals surface area (Å²) in [7, 11) is 0. The van der Waals surface area contributed by atoms with Crippen LogP contribution in [-0.4, -0.2) is 69.4 Å². The average Bonchev–Trinajstić information content (AvgIpc) is 3.11. The molecule has 4 heterocycles. The molecule has 2 unspecified atom stereocenters. The van der Waals surface area contributed by atoms with Gasteiger partial charge in [0.25, 0.3) is 5.91 Å². The van der Waals surface area contributed by atoms with E-state index in [1.54, 1.807) is 6.92 Å². The van der Waals surface area contributed by atoms with Crippen LogP contribution < -0.4 is 5.32 Å². The number of nitrogens with zero attached hydrogens (tertiary/aromatic N) is 3. The summed E-state index contributed by atoms with van der Waals surface area (Å²) in [5.74, 6) is -0.195. The first-order chi connectivity index (χ1) is 13.5. The van der Waals surface area contributed by atoms with Gasteiger partial charge in [-0.15, -0.1) is 0 Å². The predicted molar refractivity (Wildman–Crippen MR) is 104 cm³/mol. The van der Waals surface area contributed by atoms with Crippen molar-refractivity contribution >= 4 is 28.6 Å². The van der Waals surface area contributed by atoms with Crippen LogP contribution in [0.4, 0.5) is 0 Å². The number of hydrogen-bond donors (Lipinski definition) is 2. The number of aromatic amines is 1. The van der Waals surface area contributed by atoms with E-state index in [0.717, 1.165) is 29.4 Å². The number of aromatic nitrogens is 2. The fourth-order valence-corrected chi connectivity index (χ4v) is 4.22. The van der Waals surface area contributed by atoms with E-state index in [0.29, 0.717) is 25.1 Å². The van der Waals surface area contributed by atoms with Gasteiger partial charge in [0.05, 0.1) is 12.1 Å². The van der Waals surface area contributed by atoms with Crippen LogP contribution in [0.15, 0.2) is 18.2 Å². The van der Waals surface area contributed by atoms with Crippen molar-refractivity contribution in [3.8, 4) is 0 Å². The molecule has 0 aliphatic carbocycles. The minimum Gasteiger partial charge on any atom is -0.347 e. The molecule has 2 atom stereocenters. The second-order valence-electron chi connectivity index (χ2n) is 7.60. The number of piperidine rings is 2. The molecule has 8 heteroatoms. The van der Waals surface area contributed by atoms with Crippen LogP contribution in [-0.2, 0) is 9.59 Å². The Balaban J connectivity index is 1.46. The normalized spacial score (nSPS) is 21.2. The number of carbonyl (C=O) groups excluding carboxylic acids is 3. The van der Waals surface area contributed by atoms with Crippen LogP contribution in [0.5, 0.6) is 0 Å². The van der Waals surface area contributed by atoms with Gasteiger partial charge in [-0.05, 0) is 38.0 Å². The van der Waals surface area contributed by atoms with E-state index in [2.05, 4.69) is 15.5 Å². The average molecular weight is 383 g/mol. The summed E-state index contributed by atoms with van der Waals surface area (Å²) in [6.07, 6.45) is 2.15. The first kappa shape index (κ1) is 18.5. The quantitative estimate of drug-likeness (QED) is 0.829. The zero-order valence-electron chi connectivity index (χ0n) is 16.2. The number of benzene rings is 1.